The number of aryl methyl sites for hydroxylation is 2. The number of thioether (sulfide) groups is 1. The van der Waals surface area contributed by atoms with Crippen LogP contribution in [0, 0.1) is 18.3 Å². The van der Waals surface area contributed by atoms with E-state index >= 15 is 0 Å². The maximum atomic E-state index is 13.5. The Morgan fingerprint density at radius 3 is 2.30 bits per heavy atom. The van der Waals surface area contributed by atoms with E-state index < -0.39 is 11.7 Å². The van der Waals surface area contributed by atoms with Gasteiger partial charge in [0, 0.05) is 0 Å². The lowest BCUT2D eigenvalue weighted by molar-refractivity contribution is -0.137. The Balaban J connectivity index is 2.57. The number of nitriles is 1. The van der Waals surface area contributed by atoms with Gasteiger partial charge in [-0.3, -0.25) is 0 Å². The van der Waals surface area contributed by atoms with Crippen LogP contribution in [0.25, 0.3) is 11.1 Å². The summed E-state index contributed by atoms with van der Waals surface area (Å²) in [5, 5.41) is 8.81. The van der Waals surface area contributed by atoms with E-state index in [1.165, 1.54) is 18.2 Å². The van der Waals surface area contributed by atoms with Crippen molar-refractivity contribution < 1.29 is 13.2 Å². The average molecular weight is 335 g/mol. The molecular formula is C18H16F3NS. The monoisotopic (exact) mass is 335 g/mol. The van der Waals surface area contributed by atoms with Gasteiger partial charge in [-0.05, 0) is 65.8 Å². The molecule has 120 valence electrons. The largest absolute Gasteiger partial charge is 0.417 e. The minimum Gasteiger partial charge on any atom is -0.192 e. The summed E-state index contributed by atoms with van der Waals surface area (Å²) in [5.74, 6) is 0.786. The molecule has 1 nitrogen and oxygen atoms in total. The van der Waals surface area contributed by atoms with E-state index in [0.717, 1.165) is 16.9 Å². The van der Waals surface area contributed by atoms with Gasteiger partial charge in [0.25, 0.3) is 0 Å². The Labute approximate surface area is 138 Å². The molecule has 2 aromatic carbocycles. The van der Waals surface area contributed by atoms with Crippen molar-refractivity contribution >= 4 is 11.8 Å². The van der Waals surface area contributed by atoms with Crippen molar-refractivity contribution in [2.24, 2.45) is 0 Å². The highest BCUT2D eigenvalue weighted by atomic mass is 32.2. The van der Waals surface area contributed by atoms with Crippen LogP contribution in [-0.4, -0.2) is 12.0 Å². The lowest BCUT2D eigenvalue weighted by atomic mass is 9.92. The maximum Gasteiger partial charge on any atom is 0.417 e. The van der Waals surface area contributed by atoms with E-state index in [0.29, 0.717) is 17.5 Å². The molecule has 0 saturated carbocycles. The summed E-state index contributed by atoms with van der Waals surface area (Å²) >= 11 is 1.61. The summed E-state index contributed by atoms with van der Waals surface area (Å²) in [4.78, 5) is 0. The van der Waals surface area contributed by atoms with Crippen LogP contribution in [0.5, 0.6) is 0 Å². The molecule has 0 heterocycles. The van der Waals surface area contributed by atoms with E-state index in [-0.39, 0.29) is 5.56 Å². The number of benzene rings is 2. The van der Waals surface area contributed by atoms with Gasteiger partial charge in [-0.25, -0.2) is 0 Å². The third kappa shape index (κ3) is 4.08. The normalized spacial score (nSPS) is 11.3. The molecule has 0 aliphatic rings. The van der Waals surface area contributed by atoms with Crippen molar-refractivity contribution in [1.82, 2.24) is 0 Å². The molecule has 0 spiro atoms. The van der Waals surface area contributed by atoms with Crippen LogP contribution in [0.15, 0.2) is 36.4 Å². The molecule has 0 amide bonds. The van der Waals surface area contributed by atoms with Crippen LogP contribution in [0.4, 0.5) is 13.2 Å². The highest BCUT2D eigenvalue weighted by Gasteiger charge is 2.34. The Morgan fingerprint density at radius 2 is 1.78 bits per heavy atom. The third-order valence-corrected chi connectivity index (χ3v) is 4.29. The van der Waals surface area contributed by atoms with Crippen molar-refractivity contribution in [2.75, 3.05) is 12.0 Å². The van der Waals surface area contributed by atoms with Gasteiger partial charge in [-0.1, -0.05) is 18.2 Å². The highest BCUT2D eigenvalue weighted by molar-refractivity contribution is 7.98. The first-order valence-electron chi connectivity index (χ1n) is 7.07. The summed E-state index contributed by atoms with van der Waals surface area (Å²) in [6.07, 6.45) is -1.86. The van der Waals surface area contributed by atoms with Gasteiger partial charge in [0.15, 0.2) is 0 Å². The van der Waals surface area contributed by atoms with Crippen molar-refractivity contribution in [2.45, 2.75) is 19.5 Å². The molecule has 0 bridgehead atoms. The Kier molecular flexibility index (Phi) is 5.38. The lowest BCUT2D eigenvalue weighted by Crippen LogP contribution is -2.09. The lowest BCUT2D eigenvalue weighted by Gasteiger charge is -2.17. The highest BCUT2D eigenvalue weighted by Crippen LogP contribution is 2.39. The zero-order chi connectivity index (χ0) is 17.0. The van der Waals surface area contributed by atoms with E-state index in [1.54, 1.807) is 30.0 Å². The van der Waals surface area contributed by atoms with Gasteiger partial charge >= 0.3 is 6.18 Å². The maximum absolute atomic E-state index is 13.5. The van der Waals surface area contributed by atoms with Gasteiger partial charge < -0.3 is 0 Å². The fourth-order valence-corrected chi connectivity index (χ4v) is 2.86. The molecule has 0 unspecified atom stereocenters. The number of nitrogens with zero attached hydrogens (tertiary/aromatic N) is 1. The topological polar surface area (TPSA) is 23.8 Å². The van der Waals surface area contributed by atoms with E-state index in [2.05, 4.69) is 0 Å². The Hall–Kier alpha value is -1.93. The molecule has 0 aliphatic carbocycles. The van der Waals surface area contributed by atoms with Crippen LogP contribution >= 0.6 is 11.8 Å². The number of rotatable bonds is 4. The fraction of sp³-hybridized carbons (Fsp3) is 0.278. The number of hydrogen-bond donors (Lipinski definition) is 0. The third-order valence-electron chi connectivity index (χ3n) is 3.68. The molecule has 5 heteroatoms. The molecule has 0 radical (unpaired) electrons. The minimum atomic E-state index is -4.41. The zero-order valence-corrected chi connectivity index (χ0v) is 13.7. The predicted octanol–water partition coefficient (Wildman–Crippen LogP) is 5.46. The van der Waals surface area contributed by atoms with E-state index in [1.807, 2.05) is 19.2 Å². The molecule has 0 atom stereocenters. The van der Waals surface area contributed by atoms with Crippen molar-refractivity contribution in [3.05, 3.63) is 58.7 Å². The second-order valence-electron chi connectivity index (χ2n) is 5.25. The van der Waals surface area contributed by atoms with Gasteiger partial charge in [-0.15, -0.1) is 0 Å². The molecule has 2 rings (SSSR count). The molecule has 0 aliphatic heterocycles. The zero-order valence-electron chi connectivity index (χ0n) is 12.9. The Bertz CT molecular complexity index is 728. The quantitative estimate of drug-likeness (QED) is 0.741. The van der Waals surface area contributed by atoms with Crippen LogP contribution in [0.2, 0.25) is 0 Å². The molecule has 0 N–H and O–H groups in total. The Morgan fingerprint density at radius 1 is 1.13 bits per heavy atom. The second-order valence-corrected chi connectivity index (χ2v) is 6.24. The first-order valence-corrected chi connectivity index (χ1v) is 8.46. The number of halogens is 3. The number of hydrogen-bond acceptors (Lipinski definition) is 2. The van der Waals surface area contributed by atoms with Gasteiger partial charge in [0.1, 0.15) is 0 Å². The van der Waals surface area contributed by atoms with Crippen LogP contribution in [-0.2, 0) is 12.6 Å². The van der Waals surface area contributed by atoms with Crippen LogP contribution in [0.3, 0.4) is 0 Å². The summed E-state index contributed by atoms with van der Waals surface area (Å²) in [5.41, 5.74) is 2.01. The van der Waals surface area contributed by atoms with Crippen LogP contribution in [0.1, 0.15) is 22.3 Å². The molecular weight excluding hydrogens is 319 g/mol. The molecule has 2 aromatic rings. The fourth-order valence-electron chi connectivity index (χ4n) is 2.43. The molecule has 23 heavy (non-hydrogen) atoms. The standard InChI is InChI=1S/C18H16F3NS/c1-12-9-16(14-5-3-13(11-22)4-6-14)17(18(19,20)21)10-15(12)7-8-23-2/h3-6,9-10H,7-8H2,1-2H3. The summed E-state index contributed by atoms with van der Waals surface area (Å²) in [6.45, 7) is 1.84. The first-order chi connectivity index (χ1) is 10.9. The molecule has 0 saturated heterocycles. The second kappa shape index (κ2) is 7.10. The van der Waals surface area contributed by atoms with E-state index in [9.17, 15) is 13.2 Å². The van der Waals surface area contributed by atoms with Crippen molar-refractivity contribution in [3.8, 4) is 17.2 Å². The van der Waals surface area contributed by atoms with E-state index in [4.69, 9.17) is 5.26 Å². The van der Waals surface area contributed by atoms with Gasteiger partial charge in [0.05, 0.1) is 17.2 Å². The number of alkyl halides is 3. The minimum absolute atomic E-state index is 0.160. The van der Waals surface area contributed by atoms with Crippen molar-refractivity contribution in [3.63, 3.8) is 0 Å². The predicted molar refractivity (Wildman–Crippen MR) is 88.4 cm³/mol. The smallest absolute Gasteiger partial charge is 0.192 e. The molecule has 0 aromatic heterocycles. The summed E-state index contributed by atoms with van der Waals surface area (Å²) in [7, 11) is 0. The molecule has 0 fully saturated rings. The SMILES string of the molecule is CSCCc1cc(C(F)(F)F)c(-c2ccc(C#N)cc2)cc1C. The van der Waals surface area contributed by atoms with Gasteiger partial charge in [-0.2, -0.15) is 30.2 Å². The summed E-state index contributed by atoms with van der Waals surface area (Å²) < 4.78 is 40.4. The van der Waals surface area contributed by atoms with Gasteiger partial charge in [0.2, 0.25) is 0 Å². The average Bonchev–Trinajstić information content (AvgIpc) is 2.52. The summed E-state index contributed by atoms with van der Waals surface area (Å²) in [6, 6.07) is 11.0. The van der Waals surface area contributed by atoms with Crippen molar-refractivity contribution in [1.29, 1.82) is 5.26 Å². The van der Waals surface area contributed by atoms with Crippen LogP contribution < -0.4 is 0 Å². The first kappa shape index (κ1) is 17.4.